The molecule has 0 bridgehead atoms. The molecular formula is C22H20N6O4. The first-order valence-electron chi connectivity index (χ1n) is 9.88. The molecule has 0 saturated carbocycles. The molecule has 32 heavy (non-hydrogen) atoms. The molecule has 0 saturated heterocycles. The van der Waals surface area contributed by atoms with Gasteiger partial charge in [0.1, 0.15) is 0 Å². The molecular weight excluding hydrogens is 412 g/mol. The fourth-order valence-electron chi connectivity index (χ4n) is 3.05. The summed E-state index contributed by atoms with van der Waals surface area (Å²) in [6.45, 7) is 1.91. The lowest BCUT2D eigenvalue weighted by atomic mass is 10.2. The lowest BCUT2D eigenvalue weighted by molar-refractivity contribution is -0.116. The van der Waals surface area contributed by atoms with E-state index in [0.717, 1.165) is 20.5 Å². The number of anilines is 1. The van der Waals surface area contributed by atoms with E-state index < -0.39 is 11.2 Å². The van der Waals surface area contributed by atoms with Gasteiger partial charge in [-0.1, -0.05) is 41.6 Å². The minimum absolute atomic E-state index is 0.0513. The average molecular weight is 432 g/mol. The second-order valence-corrected chi connectivity index (χ2v) is 7.12. The molecule has 1 N–H and O–H groups in total. The summed E-state index contributed by atoms with van der Waals surface area (Å²) in [5, 5.41) is 10.8. The maximum atomic E-state index is 12.6. The Morgan fingerprint density at radius 3 is 2.53 bits per heavy atom. The molecule has 0 spiro atoms. The van der Waals surface area contributed by atoms with Gasteiger partial charge >= 0.3 is 5.69 Å². The van der Waals surface area contributed by atoms with Gasteiger partial charge in [-0.2, -0.15) is 14.8 Å². The third-order valence-corrected chi connectivity index (χ3v) is 4.84. The molecule has 2 aromatic carbocycles. The fraction of sp³-hybridized carbons (Fsp3) is 0.182. The Morgan fingerprint density at radius 1 is 1.06 bits per heavy atom. The van der Waals surface area contributed by atoms with Crippen molar-refractivity contribution in [1.29, 1.82) is 0 Å². The quantitative estimate of drug-likeness (QED) is 0.493. The Kier molecular flexibility index (Phi) is 5.75. The van der Waals surface area contributed by atoms with Gasteiger partial charge in [-0.05, 0) is 30.7 Å². The van der Waals surface area contributed by atoms with Crippen molar-refractivity contribution in [2.24, 2.45) is 7.05 Å². The summed E-state index contributed by atoms with van der Waals surface area (Å²) in [7, 11) is 1.35. The molecule has 0 aliphatic carbocycles. The summed E-state index contributed by atoms with van der Waals surface area (Å²) in [6.07, 6.45) is 0.300. The van der Waals surface area contributed by atoms with E-state index in [-0.39, 0.29) is 36.2 Å². The van der Waals surface area contributed by atoms with Crippen molar-refractivity contribution in [2.75, 3.05) is 5.32 Å². The lowest BCUT2D eigenvalue weighted by Crippen LogP contribution is -2.40. The van der Waals surface area contributed by atoms with Gasteiger partial charge in [0.2, 0.25) is 17.6 Å². The van der Waals surface area contributed by atoms with Gasteiger partial charge in [0.15, 0.2) is 5.69 Å². The number of rotatable bonds is 6. The maximum Gasteiger partial charge on any atom is 0.351 e. The number of nitrogens with one attached hydrogen (secondary N) is 1. The Labute approximate surface area is 182 Å². The summed E-state index contributed by atoms with van der Waals surface area (Å²) in [5.74, 6) is -0.0726. The van der Waals surface area contributed by atoms with Crippen LogP contribution in [0.4, 0.5) is 5.69 Å². The molecule has 4 rings (SSSR count). The van der Waals surface area contributed by atoms with E-state index in [2.05, 4.69) is 20.6 Å². The minimum atomic E-state index is -0.646. The highest BCUT2D eigenvalue weighted by Gasteiger charge is 2.19. The smallest absolute Gasteiger partial charge is 0.339 e. The third-order valence-electron chi connectivity index (χ3n) is 4.84. The maximum absolute atomic E-state index is 12.6. The molecule has 0 aliphatic heterocycles. The highest BCUT2D eigenvalue weighted by Crippen LogP contribution is 2.14. The van der Waals surface area contributed by atoms with Crippen LogP contribution in [-0.2, 0) is 18.3 Å². The van der Waals surface area contributed by atoms with E-state index in [1.54, 1.807) is 30.3 Å². The number of carbonyl (C=O) groups excluding carboxylic acids is 1. The SMILES string of the molecule is Cc1ccccc1NC(=O)CCc1nc(-c2nn(-c3ccccc3)c(=O)n(C)c2=O)no1. The third kappa shape index (κ3) is 4.24. The van der Waals surface area contributed by atoms with Crippen molar-refractivity contribution in [3.8, 4) is 17.2 Å². The number of hydrogen-bond donors (Lipinski definition) is 1. The summed E-state index contributed by atoms with van der Waals surface area (Å²) in [4.78, 5) is 41.5. The van der Waals surface area contributed by atoms with Gasteiger partial charge in [-0.3, -0.25) is 14.2 Å². The zero-order chi connectivity index (χ0) is 22.7. The van der Waals surface area contributed by atoms with E-state index in [1.165, 1.54) is 7.05 Å². The number of carbonyl (C=O) groups is 1. The van der Waals surface area contributed by atoms with Crippen LogP contribution in [0.5, 0.6) is 0 Å². The van der Waals surface area contributed by atoms with E-state index >= 15 is 0 Å². The number of aromatic nitrogens is 5. The minimum Gasteiger partial charge on any atom is -0.339 e. The zero-order valence-corrected chi connectivity index (χ0v) is 17.5. The normalized spacial score (nSPS) is 10.8. The van der Waals surface area contributed by atoms with Crippen LogP contribution in [0.2, 0.25) is 0 Å². The molecule has 0 atom stereocenters. The van der Waals surface area contributed by atoms with Gasteiger partial charge in [0.05, 0.1) is 5.69 Å². The van der Waals surface area contributed by atoms with Crippen LogP contribution in [-0.4, -0.2) is 30.4 Å². The second-order valence-electron chi connectivity index (χ2n) is 7.12. The Morgan fingerprint density at radius 2 is 1.78 bits per heavy atom. The number of benzene rings is 2. The van der Waals surface area contributed by atoms with Crippen molar-refractivity contribution in [2.45, 2.75) is 19.8 Å². The largest absolute Gasteiger partial charge is 0.351 e. The van der Waals surface area contributed by atoms with Crippen molar-refractivity contribution < 1.29 is 9.32 Å². The number of amides is 1. The average Bonchev–Trinajstić information content (AvgIpc) is 3.27. The van der Waals surface area contributed by atoms with E-state index in [0.29, 0.717) is 5.69 Å². The second kappa shape index (κ2) is 8.80. The van der Waals surface area contributed by atoms with Crippen molar-refractivity contribution in [3.63, 3.8) is 0 Å². The molecule has 2 heterocycles. The monoisotopic (exact) mass is 432 g/mol. The molecule has 0 aliphatic rings. The molecule has 0 fully saturated rings. The highest BCUT2D eigenvalue weighted by molar-refractivity contribution is 5.91. The van der Waals surface area contributed by atoms with Gasteiger partial charge in [0.25, 0.3) is 5.56 Å². The van der Waals surface area contributed by atoms with Crippen molar-refractivity contribution in [1.82, 2.24) is 24.5 Å². The van der Waals surface area contributed by atoms with Crippen LogP contribution >= 0.6 is 0 Å². The summed E-state index contributed by atoms with van der Waals surface area (Å²) in [5.41, 5.74) is 0.811. The number of aryl methyl sites for hydroxylation is 2. The van der Waals surface area contributed by atoms with E-state index in [4.69, 9.17) is 4.52 Å². The molecule has 162 valence electrons. The number of hydrogen-bond acceptors (Lipinski definition) is 7. The first-order chi connectivity index (χ1) is 15.4. The fourth-order valence-corrected chi connectivity index (χ4v) is 3.05. The van der Waals surface area contributed by atoms with Crippen LogP contribution in [0.25, 0.3) is 17.2 Å². The highest BCUT2D eigenvalue weighted by atomic mass is 16.5. The van der Waals surface area contributed by atoms with Crippen LogP contribution in [0, 0.1) is 6.92 Å². The Balaban J connectivity index is 1.54. The summed E-state index contributed by atoms with van der Waals surface area (Å²) in [6, 6.07) is 16.2. The molecule has 0 radical (unpaired) electrons. The standard InChI is InChI=1S/C22H20N6O4/c1-14-8-6-7-11-16(14)23-17(29)12-13-18-24-20(26-32-18)19-21(30)27(2)22(31)28(25-19)15-9-4-3-5-10-15/h3-11H,12-13H2,1-2H3,(H,23,29). The molecule has 10 nitrogen and oxygen atoms in total. The van der Waals surface area contributed by atoms with Crippen molar-refractivity contribution >= 4 is 11.6 Å². The zero-order valence-electron chi connectivity index (χ0n) is 17.5. The molecule has 0 unspecified atom stereocenters. The summed E-state index contributed by atoms with van der Waals surface area (Å²) < 4.78 is 7.23. The first-order valence-corrected chi connectivity index (χ1v) is 9.88. The topological polar surface area (TPSA) is 125 Å². The molecule has 1 amide bonds. The summed E-state index contributed by atoms with van der Waals surface area (Å²) >= 11 is 0. The number of nitrogens with zero attached hydrogens (tertiary/aromatic N) is 5. The molecule has 2 aromatic heterocycles. The first kappa shape index (κ1) is 20.9. The van der Waals surface area contributed by atoms with Gasteiger partial charge in [-0.15, -0.1) is 0 Å². The van der Waals surface area contributed by atoms with Gasteiger partial charge in [0, 0.05) is 25.6 Å². The Hall–Kier alpha value is -4.34. The van der Waals surface area contributed by atoms with E-state index in [1.807, 2.05) is 31.2 Å². The van der Waals surface area contributed by atoms with Crippen LogP contribution in [0.3, 0.4) is 0 Å². The van der Waals surface area contributed by atoms with Gasteiger partial charge < -0.3 is 9.84 Å². The van der Waals surface area contributed by atoms with Crippen LogP contribution < -0.4 is 16.6 Å². The van der Waals surface area contributed by atoms with Crippen LogP contribution in [0.1, 0.15) is 17.9 Å². The Bertz CT molecular complexity index is 1390. The molecule has 10 heteroatoms. The predicted octanol–water partition coefficient (Wildman–Crippen LogP) is 1.86. The van der Waals surface area contributed by atoms with E-state index in [9.17, 15) is 14.4 Å². The van der Waals surface area contributed by atoms with Gasteiger partial charge in [-0.25, -0.2) is 4.79 Å². The lowest BCUT2D eigenvalue weighted by Gasteiger charge is -2.07. The van der Waals surface area contributed by atoms with Crippen LogP contribution in [0.15, 0.2) is 68.7 Å². The van der Waals surface area contributed by atoms with Crippen molar-refractivity contribution in [3.05, 3.63) is 86.9 Å². The predicted molar refractivity (Wildman–Crippen MR) is 116 cm³/mol. The molecule has 4 aromatic rings. The number of para-hydroxylation sites is 2.